The first-order chi connectivity index (χ1) is 13.7. The fraction of sp³-hybridized carbons (Fsp3) is 0.880. The highest BCUT2D eigenvalue weighted by Gasteiger charge is 2.62. The van der Waals surface area contributed by atoms with Crippen LogP contribution in [-0.4, -0.2) is 38.3 Å². The van der Waals surface area contributed by atoms with E-state index < -0.39 is 20.1 Å². The van der Waals surface area contributed by atoms with Crippen LogP contribution in [0.15, 0.2) is 11.9 Å². The lowest BCUT2D eigenvalue weighted by molar-refractivity contribution is -0.143. The highest BCUT2D eigenvalue weighted by molar-refractivity contribution is 6.74. The summed E-state index contributed by atoms with van der Waals surface area (Å²) in [6.07, 6.45) is 8.89. The summed E-state index contributed by atoms with van der Waals surface area (Å²) in [5.74, 6) is 0.755. The first-order valence-corrected chi connectivity index (χ1v) is 15.0. The van der Waals surface area contributed by atoms with E-state index >= 15 is 0 Å². The zero-order valence-electron chi connectivity index (χ0n) is 20.3. The van der Waals surface area contributed by atoms with Gasteiger partial charge in [0.25, 0.3) is 5.91 Å². The summed E-state index contributed by atoms with van der Waals surface area (Å²) in [7, 11) is -0.0135. The number of hydrogen-bond donors (Lipinski definition) is 0. The first-order valence-electron chi connectivity index (χ1n) is 12.1. The number of likely N-dealkylation sites (N-methyl/N-ethyl adjacent to an activating group) is 1. The maximum atomic E-state index is 14.6. The number of nitrogens with zero attached hydrogens (tertiary/aromatic N) is 1. The van der Waals surface area contributed by atoms with Crippen LogP contribution >= 0.6 is 0 Å². The Morgan fingerprint density at radius 2 is 1.77 bits per heavy atom. The molecule has 1 aliphatic heterocycles. The summed E-state index contributed by atoms with van der Waals surface area (Å²) in [5, 5.41) is 0.228. The third-order valence-electron chi connectivity index (χ3n) is 10.3. The molecule has 1 amide bonds. The number of amides is 1. The van der Waals surface area contributed by atoms with Gasteiger partial charge in [0.1, 0.15) is 0 Å². The molecule has 3 saturated carbocycles. The third-order valence-corrected chi connectivity index (χ3v) is 14.8. The quantitative estimate of drug-likeness (QED) is 0.475. The van der Waals surface area contributed by atoms with E-state index in [1.54, 1.807) is 18.0 Å². The Kier molecular flexibility index (Phi) is 5.18. The molecule has 3 nitrogen and oxygen atoms in total. The standard InChI is InChI=1S/C25H42FNO2Si/c1-23(2,3)30(7,8)29-21-12-10-17-16-9-11-20-25(5,15-19(26)22(28)27(20)6)18(16)13-14-24(17,21)4/h15-18,20-21H,9-14H2,1-8H3/t16-,17-,18+,20?,21?,24-,25+/m0/s1. The topological polar surface area (TPSA) is 29.5 Å². The normalized spacial score (nSPS) is 44.3. The Morgan fingerprint density at radius 1 is 1.10 bits per heavy atom. The maximum absolute atomic E-state index is 14.6. The molecule has 1 heterocycles. The molecule has 5 heteroatoms. The van der Waals surface area contributed by atoms with Crippen molar-refractivity contribution < 1.29 is 13.6 Å². The molecule has 0 bridgehead atoms. The SMILES string of the molecule is CN1C(=O)C(F)=C[C@@]2(C)C1CC[C@@H]1[C@H]2CC[C@]2(C)C(O[Si](C)(C)C(C)(C)C)CC[C@@H]12. The van der Waals surface area contributed by atoms with Crippen molar-refractivity contribution in [3.8, 4) is 0 Å². The van der Waals surface area contributed by atoms with Crippen LogP contribution < -0.4 is 0 Å². The Morgan fingerprint density at radius 3 is 2.40 bits per heavy atom. The van der Waals surface area contributed by atoms with E-state index in [4.69, 9.17) is 4.43 Å². The van der Waals surface area contributed by atoms with Gasteiger partial charge in [-0.15, -0.1) is 0 Å². The summed E-state index contributed by atoms with van der Waals surface area (Å²) >= 11 is 0. The van der Waals surface area contributed by atoms with E-state index in [1.165, 1.54) is 12.8 Å². The molecule has 0 radical (unpaired) electrons. The molecule has 0 saturated heterocycles. The van der Waals surface area contributed by atoms with Crippen LogP contribution in [0.2, 0.25) is 18.1 Å². The predicted octanol–water partition coefficient (Wildman–Crippen LogP) is 6.31. The largest absolute Gasteiger partial charge is 0.413 e. The fourth-order valence-corrected chi connectivity index (χ4v) is 8.96. The number of halogens is 1. The summed E-state index contributed by atoms with van der Waals surface area (Å²) in [6, 6.07) is 0.135. The highest BCUT2D eigenvalue weighted by atomic mass is 28.4. The van der Waals surface area contributed by atoms with Crippen molar-refractivity contribution in [2.24, 2.45) is 28.6 Å². The zero-order valence-corrected chi connectivity index (χ0v) is 21.3. The average Bonchev–Trinajstić information content (AvgIpc) is 2.95. The monoisotopic (exact) mass is 435 g/mol. The van der Waals surface area contributed by atoms with Gasteiger partial charge >= 0.3 is 0 Å². The average molecular weight is 436 g/mol. The van der Waals surface area contributed by atoms with Crippen LogP contribution in [0.3, 0.4) is 0 Å². The second-order valence-electron chi connectivity index (χ2n) is 12.7. The lowest BCUT2D eigenvalue weighted by atomic mass is 9.48. The van der Waals surface area contributed by atoms with Crippen molar-refractivity contribution in [1.29, 1.82) is 0 Å². The van der Waals surface area contributed by atoms with Crippen LogP contribution in [0.1, 0.15) is 73.1 Å². The van der Waals surface area contributed by atoms with Crippen molar-refractivity contribution in [1.82, 2.24) is 4.90 Å². The fourth-order valence-electron chi connectivity index (χ4n) is 7.51. The van der Waals surface area contributed by atoms with Gasteiger partial charge in [-0.1, -0.05) is 34.6 Å². The van der Waals surface area contributed by atoms with Crippen LogP contribution in [0.25, 0.3) is 0 Å². The summed E-state index contributed by atoms with van der Waals surface area (Å²) < 4.78 is 21.6. The minimum atomic E-state index is -1.81. The molecule has 0 aromatic rings. The van der Waals surface area contributed by atoms with E-state index in [2.05, 4.69) is 47.7 Å². The molecule has 7 atom stereocenters. The summed E-state index contributed by atoms with van der Waals surface area (Å²) in [6.45, 7) is 16.4. The Labute approximate surface area is 183 Å². The van der Waals surface area contributed by atoms with Crippen molar-refractivity contribution in [2.75, 3.05) is 7.05 Å². The van der Waals surface area contributed by atoms with Gasteiger partial charge in [-0.05, 0) is 85.9 Å². The van der Waals surface area contributed by atoms with Gasteiger partial charge in [0.15, 0.2) is 14.1 Å². The summed E-state index contributed by atoms with van der Waals surface area (Å²) in [4.78, 5) is 13.9. The van der Waals surface area contributed by atoms with Gasteiger partial charge in [0.05, 0.1) is 6.10 Å². The van der Waals surface area contributed by atoms with Gasteiger partial charge in [0.2, 0.25) is 0 Å². The second-order valence-corrected chi connectivity index (χ2v) is 17.5. The van der Waals surface area contributed by atoms with E-state index in [0.29, 0.717) is 23.9 Å². The van der Waals surface area contributed by atoms with Gasteiger partial charge in [-0.25, -0.2) is 4.39 Å². The van der Waals surface area contributed by atoms with Gasteiger partial charge in [-0.3, -0.25) is 4.79 Å². The number of carbonyl (C=O) groups is 1. The van der Waals surface area contributed by atoms with E-state index in [9.17, 15) is 9.18 Å². The number of carbonyl (C=O) groups excluding carboxylic acids is 1. The van der Waals surface area contributed by atoms with Gasteiger partial charge in [0, 0.05) is 18.5 Å². The van der Waals surface area contributed by atoms with Crippen LogP contribution in [0.4, 0.5) is 4.39 Å². The molecule has 4 aliphatic rings. The molecular weight excluding hydrogens is 393 g/mol. The lowest BCUT2D eigenvalue weighted by Crippen LogP contribution is -2.60. The summed E-state index contributed by atoms with van der Waals surface area (Å²) in [5.41, 5.74) is -0.00606. The minimum absolute atomic E-state index is 0.135. The van der Waals surface area contributed by atoms with E-state index in [-0.39, 0.29) is 21.9 Å². The molecule has 30 heavy (non-hydrogen) atoms. The van der Waals surface area contributed by atoms with Gasteiger partial charge in [-0.2, -0.15) is 0 Å². The predicted molar refractivity (Wildman–Crippen MR) is 122 cm³/mol. The number of hydrogen-bond acceptors (Lipinski definition) is 2. The molecule has 0 spiro atoms. The molecule has 3 aliphatic carbocycles. The Balaban J connectivity index is 1.61. The number of rotatable bonds is 2. The van der Waals surface area contributed by atoms with Crippen LogP contribution in [-0.2, 0) is 9.22 Å². The van der Waals surface area contributed by atoms with E-state index in [1.807, 2.05) is 0 Å². The van der Waals surface area contributed by atoms with Crippen molar-refractivity contribution in [3.63, 3.8) is 0 Å². The maximum Gasteiger partial charge on any atom is 0.282 e. The van der Waals surface area contributed by atoms with Crippen LogP contribution in [0.5, 0.6) is 0 Å². The minimum Gasteiger partial charge on any atom is -0.413 e. The van der Waals surface area contributed by atoms with Crippen LogP contribution in [0, 0.1) is 28.6 Å². The first kappa shape index (κ1) is 22.5. The third kappa shape index (κ3) is 3.08. The molecule has 4 rings (SSSR count). The molecule has 170 valence electrons. The molecule has 2 unspecified atom stereocenters. The molecule has 0 aromatic carbocycles. The lowest BCUT2D eigenvalue weighted by Gasteiger charge is -2.60. The molecule has 0 aromatic heterocycles. The second kappa shape index (κ2) is 6.91. The van der Waals surface area contributed by atoms with Crippen molar-refractivity contribution in [3.05, 3.63) is 11.9 Å². The Bertz CT molecular complexity index is 759. The molecule has 3 fully saturated rings. The van der Waals surface area contributed by atoms with Crippen molar-refractivity contribution >= 4 is 14.2 Å². The smallest absolute Gasteiger partial charge is 0.282 e. The molecule has 0 N–H and O–H groups in total. The van der Waals surface area contributed by atoms with E-state index in [0.717, 1.165) is 25.7 Å². The Hall–Kier alpha value is -0.683. The van der Waals surface area contributed by atoms with Gasteiger partial charge < -0.3 is 9.33 Å². The van der Waals surface area contributed by atoms with Crippen molar-refractivity contribution in [2.45, 2.75) is 103 Å². The number of fused-ring (bicyclic) bond motifs is 5. The highest BCUT2D eigenvalue weighted by Crippen LogP contribution is 2.65. The molecular formula is C25H42FNO2Si. The zero-order chi connectivity index (χ0) is 22.3.